The van der Waals surface area contributed by atoms with Crippen LogP contribution in [0.3, 0.4) is 0 Å². The van der Waals surface area contributed by atoms with Gasteiger partial charge in [0.1, 0.15) is 12.4 Å². The van der Waals surface area contributed by atoms with Gasteiger partial charge >= 0.3 is 0 Å². The fourth-order valence-corrected chi connectivity index (χ4v) is 2.12. The highest BCUT2D eigenvalue weighted by Crippen LogP contribution is 2.12. The molecule has 1 saturated heterocycles. The Morgan fingerprint density at radius 2 is 1.41 bits per heavy atom. The zero-order valence-corrected chi connectivity index (χ0v) is 13.0. The van der Waals surface area contributed by atoms with Gasteiger partial charge in [0, 0.05) is 25.3 Å². The number of anilines is 1. The Bertz CT molecular complexity index is 388. The van der Waals surface area contributed by atoms with E-state index < -0.39 is 0 Å². The fourth-order valence-electron chi connectivity index (χ4n) is 2.12. The summed E-state index contributed by atoms with van der Waals surface area (Å²) >= 11 is 0. The van der Waals surface area contributed by atoms with E-state index in [4.69, 9.17) is 24.7 Å². The first-order chi connectivity index (χ1) is 10.8. The molecule has 2 N–H and O–H groups in total. The zero-order chi connectivity index (χ0) is 15.5. The lowest BCUT2D eigenvalue weighted by atomic mass is 10.3. The molecule has 124 valence electrons. The summed E-state index contributed by atoms with van der Waals surface area (Å²) < 4.78 is 22.2. The first-order valence-electron chi connectivity index (χ1n) is 7.78. The maximum absolute atomic E-state index is 5.74. The molecule has 1 aliphatic heterocycles. The molecule has 2 rings (SSSR count). The minimum atomic E-state index is 0.629. The van der Waals surface area contributed by atoms with Gasteiger partial charge in [-0.05, 0) is 24.3 Å². The van der Waals surface area contributed by atoms with Crippen molar-refractivity contribution in [3.05, 3.63) is 24.3 Å². The summed E-state index contributed by atoms with van der Waals surface area (Å²) in [5, 5.41) is 0. The molecule has 0 aliphatic carbocycles. The maximum atomic E-state index is 5.74. The molecule has 0 amide bonds. The molecule has 0 atom stereocenters. The predicted molar refractivity (Wildman–Crippen MR) is 85.2 cm³/mol. The Hall–Kier alpha value is -1.34. The van der Waals surface area contributed by atoms with Crippen LogP contribution in [0.5, 0.6) is 5.75 Å². The van der Waals surface area contributed by atoms with E-state index in [9.17, 15) is 0 Å². The first-order valence-corrected chi connectivity index (χ1v) is 7.78. The van der Waals surface area contributed by atoms with Crippen LogP contribution in [0.15, 0.2) is 24.3 Å². The monoisotopic (exact) mass is 310 g/mol. The largest absolute Gasteiger partial charge is 0.492 e. The Labute approximate surface area is 132 Å². The second-order valence-electron chi connectivity index (χ2n) is 5.10. The lowest BCUT2D eigenvalue weighted by Crippen LogP contribution is -2.35. The molecule has 1 heterocycles. The molecule has 1 fully saturated rings. The van der Waals surface area contributed by atoms with E-state index in [1.165, 1.54) is 0 Å². The van der Waals surface area contributed by atoms with E-state index in [2.05, 4.69) is 4.90 Å². The Kier molecular flexibility index (Phi) is 8.04. The molecule has 6 nitrogen and oxygen atoms in total. The normalized spacial score (nSPS) is 19.1. The third kappa shape index (κ3) is 7.09. The van der Waals surface area contributed by atoms with E-state index in [1.807, 2.05) is 24.3 Å². The standard InChI is InChI=1S/C16H26N2O4/c17-15-1-3-16(4-2-15)22-10-7-18-5-8-19-11-13-21-14-12-20-9-6-18/h1-4H,5-14,17H2. The Morgan fingerprint density at radius 3 is 2.00 bits per heavy atom. The number of nitrogen functional groups attached to an aromatic ring is 1. The van der Waals surface area contributed by atoms with Crippen molar-refractivity contribution in [3.63, 3.8) is 0 Å². The molecule has 1 aliphatic rings. The number of nitrogens with two attached hydrogens (primary N) is 1. The van der Waals surface area contributed by atoms with Gasteiger partial charge in [0.2, 0.25) is 0 Å². The minimum absolute atomic E-state index is 0.629. The third-order valence-electron chi connectivity index (χ3n) is 3.40. The molecule has 0 radical (unpaired) electrons. The topological polar surface area (TPSA) is 66.2 Å². The van der Waals surface area contributed by atoms with Crippen molar-refractivity contribution in [2.75, 3.05) is 71.6 Å². The van der Waals surface area contributed by atoms with Gasteiger partial charge in [-0.2, -0.15) is 0 Å². The van der Waals surface area contributed by atoms with Gasteiger partial charge in [-0.25, -0.2) is 0 Å². The number of benzene rings is 1. The van der Waals surface area contributed by atoms with Crippen LogP contribution in [-0.4, -0.2) is 70.8 Å². The molecule has 6 heteroatoms. The zero-order valence-electron chi connectivity index (χ0n) is 13.0. The van der Waals surface area contributed by atoms with E-state index in [0.717, 1.165) is 31.1 Å². The highest BCUT2D eigenvalue weighted by Gasteiger charge is 2.06. The van der Waals surface area contributed by atoms with Crippen LogP contribution in [0, 0.1) is 0 Å². The molecule has 1 aromatic rings. The lowest BCUT2D eigenvalue weighted by molar-refractivity contribution is -0.00707. The maximum Gasteiger partial charge on any atom is 0.119 e. The summed E-state index contributed by atoms with van der Waals surface area (Å²) in [5.41, 5.74) is 6.40. The average Bonchev–Trinajstić information content (AvgIpc) is 2.51. The highest BCUT2D eigenvalue weighted by molar-refractivity contribution is 5.41. The summed E-state index contributed by atoms with van der Waals surface area (Å²) in [6, 6.07) is 7.46. The molecular weight excluding hydrogens is 284 g/mol. The summed E-state index contributed by atoms with van der Waals surface area (Å²) in [6.07, 6.45) is 0. The number of hydrogen-bond donors (Lipinski definition) is 1. The van der Waals surface area contributed by atoms with Gasteiger partial charge in [-0.3, -0.25) is 4.90 Å². The highest BCUT2D eigenvalue weighted by atomic mass is 16.5. The molecule has 0 aromatic heterocycles. The van der Waals surface area contributed by atoms with E-state index in [-0.39, 0.29) is 0 Å². The molecule has 1 aromatic carbocycles. The van der Waals surface area contributed by atoms with Gasteiger partial charge in [-0.15, -0.1) is 0 Å². The van der Waals surface area contributed by atoms with Crippen LogP contribution in [-0.2, 0) is 14.2 Å². The van der Waals surface area contributed by atoms with Crippen molar-refractivity contribution in [1.29, 1.82) is 0 Å². The van der Waals surface area contributed by atoms with Crippen LogP contribution >= 0.6 is 0 Å². The molecule has 0 spiro atoms. The number of hydrogen-bond acceptors (Lipinski definition) is 6. The summed E-state index contributed by atoms with van der Waals surface area (Å²) in [4.78, 5) is 2.29. The van der Waals surface area contributed by atoms with Crippen molar-refractivity contribution < 1.29 is 18.9 Å². The quantitative estimate of drug-likeness (QED) is 0.838. The Balaban J connectivity index is 1.69. The Morgan fingerprint density at radius 1 is 0.864 bits per heavy atom. The van der Waals surface area contributed by atoms with Crippen LogP contribution in [0.4, 0.5) is 5.69 Å². The molecular formula is C16H26N2O4. The van der Waals surface area contributed by atoms with Gasteiger partial charge in [-0.1, -0.05) is 0 Å². The van der Waals surface area contributed by atoms with Crippen molar-refractivity contribution in [2.24, 2.45) is 0 Å². The molecule has 0 unspecified atom stereocenters. The minimum Gasteiger partial charge on any atom is -0.492 e. The third-order valence-corrected chi connectivity index (χ3v) is 3.40. The van der Waals surface area contributed by atoms with Gasteiger partial charge in [0.25, 0.3) is 0 Å². The van der Waals surface area contributed by atoms with E-state index >= 15 is 0 Å². The van der Waals surface area contributed by atoms with Crippen molar-refractivity contribution in [1.82, 2.24) is 4.90 Å². The summed E-state index contributed by atoms with van der Waals surface area (Å²) in [7, 11) is 0. The van der Waals surface area contributed by atoms with Gasteiger partial charge in [0.05, 0.1) is 39.6 Å². The second-order valence-corrected chi connectivity index (χ2v) is 5.10. The van der Waals surface area contributed by atoms with E-state index in [0.29, 0.717) is 46.2 Å². The van der Waals surface area contributed by atoms with Crippen LogP contribution in [0.25, 0.3) is 0 Å². The van der Waals surface area contributed by atoms with Crippen molar-refractivity contribution in [3.8, 4) is 5.75 Å². The summed E-state index contributed by atoms with van der Waals surface area (Å²) in [5.74, 6) is 0.841. The molecule has 22 heavy (non-hydrogen) atoms. The average molecular weight is 310 g/mol. The summed E-state index contributed by atoms with van der Waals surface area (Å²) in [6.45, 7) is 7.14. The SMILES string of the molecule is Nc1ccc(OCCN2CCOCCOCCOCC2)cc1. The van der Waals surface area contributed by atoms with Gasteiger partial charge in [0.15, 0.2) is 0 Å². The van der Waals surface area contributed by atoms with E-state index in [1.54, 1.807) is 0 Å². The van der Waals surface area contributed by atoms with Crippen LogP contribution in [0.1, 0.15) is 0 Å². The van der Waals surface area contributed by atoms with Crippen LogP contribution in [0.2, 0.25) is 0 Å². The van der Waals surface area contributed by atoms with Gasteiger partial charge < -0.3 is 24.7 Å². The molecule has 0 bridgehead atoms. The van der Waals surface area contributed by atoms with Crippen LogP contribution < -0.4 is 10.5 Å². The van der Waals surface area contributed by atoms with Crippen molar-refractivity contribution >= 4 is 5.69 Å². The van der Waals surface area contributed by atoms with Crippen molar-refractivity contribution in [2.45, 2.75) is 0 Å². The number of ether oxygens (including phenoxy) is 4. The molecule has 0 saturated carbocycles. The fraction of sp³-hybridized carbons (Fsp3) is 0.625. The predicted octanol–water partition coefficient (Wildman–Crippen LogP) is 1.01. The first kappa shape index (κ1) is 17.0. The number of nitrogens with zero attached hydrogens (tertiary/aromatic N) is 1. The second kappa shape index (κ2) is 10.4. The number of rotatable bonds is 4. The lowest BCUT2D eigenvalue weighted by Gasteiger charge is -2.23. The smallest absolute Gasteiger partial charge is 0.119 e.